The number of amidine groups is 1. The minimum Gasteiger partial charge on any atom is -0.786 e. The number of primary amides is 1. The van der Waals surface area contributed by atoms with Gasteiger partial charge in [0.15, 0.2) is 0 Å². The SMILES string of the molecule is N=C1C=C[NH2+]C(=O)N1.[O-]P(O)O. The molecule has 0 saturated heterocycles. The van der Waals surface area contributed by atoms with E-state index in [2.05, 4.69) is 5.32 Å². The Morgan fingerprint density at radius 1 is 1.67 bits per heavy atom. The summed E-state index contributed by atoms with van der Waals surface area (Å²) in [6.45, 7) is 0. The maximum Gasteiger partial charge on any atom is 0.423 e. The first-order valence-corrected chi connectivity index (χ1v) is 3.95. The number of nitrogens with two attached hydrogens (primary N) is 1. The summed E-state index contributed by atoms with van der Waals surface area (Å²) in [5, 5.41) is 10.5. The molecule has 0 aromatic heterocycles. The molecule has 0 spiro atoms. The molecule has 0 aromatic rings. The molecule has 0 aromatic carbocycles. The van der Waals surface area contributed by atoms with Crippen molar-refractivity contribution in [2.24, 2.45) is 0 Å². The first-order valence-electron chi connectivity index (χ1n) is 2.78. The van der Waals surface area contributed by atoms with E-state index >= 15 is 0 Å². The van der Waals surface area contributed by atoms with Gasteiger partial charge in [0.1, 0.15) is 12.0 Å². The number of hydrogen-bond donors (Lipinski definition) is 5. The lowest BCUT2D eigenvalue weighted by Gasteiger charge is -2.00. The molecule has 0 radical (unpaired) electrons. The van der Waals surface area contributed by atoms with E-state index in [-0.39, 0.29) is 11.9 Å². The molecular weight excluding hydrogens is 185 g/mol. The zero-order valence-corrected chi connectivity index (χ0v) is 6.78. The molecule has 8 heteroatoms. The average Bonchev–Trinajstić information content (AvgIpc) is 1.84. The predicted octanol–water partition coefficient (Wildman–Crippen LogP) is -2.68. The highest BCUT2D eigenvalue weighted by molar-refractivity contribution is 7.36. The smallest absolute Gasteiger partial charge is 0.423 e. The number of carbonyl (C=O) groups excluding carboxylic acids is 1. The van der Waals surface area contributed by atoms with Gasteiger partial charge in [-0.1, -0.05) is 0 Å². The molecule has 12 heavy (non-hydrogen) atoms. The number of carbonyl (C=O) groups is 1. The lowest BCUT2D eigenvalue weighted by molar-refractivity contribution is -0.482. The van der Waals surface area contributed by atoms with Crippen molar-refractivity contribution in [2.45, 2.75) is 0 Å². The van der Waals surface area contributed by atoms with E-state index in [9.17, 15) is 4.79 Å². The van der Waals surface area contributed by atoms with Crippen molar-refractivity contribution < 1.29 is 24.8 Å². The molecule has 68 valence electrons. The summed E-state index contributed by atoms with van der Waals surface area (Å²) in [5.74, 6) is 0.150. The fourth-order valence-electron chi connectivity index (χ4n) is 0.448. The second-order valence-electron chi connectivity index (χ2n) is 1.68. The first kappa shape index (κ1) is 11.2. The van der Waals surface area contributed by atoms with Gasteiger partial charge in [-0.15, -0.1) is 0 Å². The third-order valence-electron chi connectivity index (χ3n) is 0.768. The quantitative estimate of drug-likeness (QED) is 0.268. The van der Waals surface area contributed by atoms with E-state index in [1.165, 1.54) is 11.4 Å². The van der Waals surface area contributed by atoms with Gasteiger partial charge < -0.3 is 14.7 Å². The molecule has 0 atom stereocenters. The van der Waals surface area contributed by atoms with E-state index < -0.39 is 8.60 Å². The van der Waals surface area contributed by atoms with Crippen molar-refractivity contribution in [3.05, 3.63) is 12.3 Å². The van der Waals surface area contributed by atoms with Crippen molar-refractivity contribution in [3.8, 4) is 0 Å². The fourth-order valence-corrected chi connectivity index (χ4v) is 0.448. The third kappa shape index (κ3) is 7.26. The van der Waals surface area contributed by atoms with E-state index in [4.69, 9.17) is 20.1 Å². The van der Waals surface area contributed by atoms with Gasteiger partial charge in [-0.05, 0) is 0 Å². The Morgan fingerprint density at radius 2 is 2.17 bits per heavy atom. The molecule has 1 heterocycles. The molecule has 7 nitrogen and oxygen atoms in total. The van der Waals surface area contributed by atoms with Crippen LogP contribution in [0.15, 0.2) is 12.3 Å². The summed E-state index contributed by atoms with van der Waals surface area (Å²) in [7, 11) is -2.87. The van der Waals surface area contributed by atoms with Crippen molar-refractivity contribution in [1.29, 1.82) is 5.41 Å². The first-order chi connectivity index (χ1) is 5.52. The topological polar surface area (TPSA) is 133 Å². The average molecular weight is 193 g/mol. The zero-order chi connectivity index (χ0) is 9.56. The second kappa shape index (κ2) is 5.76. The maximum absolute atomic E-state index is 10.3. The van der Waals surface area contributed by atoms with Gasteiger partial charge in [-0.3, -0.25) is 10.7 Å². The van der Waals surface area contributed by atoms with Crippen LogP contribution in [0.25, 0.3) is 0 Å². The van der Waals surface area contributed by atoms with Crippen LogP contribution in [-0.2, 0) is 0 Å². The lowest BCUT2D eigenvalue weighted by Crippen LogP contribution is -2.87. The Bertz CT molecular complexity index is 202. The molecule has 0 fully saturated rings. The van der Waals surface area contributed by atoms with E-state index in [1.54, 1.807) is 6.20 Å². The number of amides is 2. The molecule has 1 aliphatic rings. The van der Waals surface area contributed by atoms with E-state index in [0.29, 0.717) is 0 Å². The Balaban J connectivity index is 0.000000261. The highest BCUT2D eigenvalue weighted by atomic mass is 31.2. The van der Waals surface area contributed by atoms with Gasteiger partial charge in [-0.25, -0.2) is 10.1 Å². The molecule has 0 saturated carbocycles. The van der Waals surface area contributed by atoms with Crippen LogP contribution in [0.2, 0.25) is 0 Å². The molecule has 1 aliphatic heterocycles. The van der Waals surface area contributed by atoms with Crippen molar-refractivity contribution in [2.75, 3.05) is 0 Å². The molecule has 0 unspecified atom stereocenters. The normalized spacial score (nSPS) is 15.3. The molecule has 0 aliphatic carbocycles. The minimum absolute atomic E-state index is 0.150. The van der Waals surface area contributed by atoms with Crippen molar-refractivity contribution >= 4 is 20.5 Å². The summed E-state index contributed by atoms with van der Waals surface area (Å²) in [6, 6.07) is -0.225. The monoisotopic (exact) mass is 193 g/mol. The van der Waals surface area contributed by atoms with E-state index in [0.717, 1.165) is 0 Å². The van der Waals surface area contributed by atoms with Gasteiger partial charge >= 0.3 is 6.03 Å². The summed E-state index contributed by atoms with van der Waals surface area (Å²) < 4.78 is 0. The van der Waals surface area contributed by atoms with Crippen LogP contribution in [0.1, 0.15) is 0 Å². The summed E-state index contributed by atoms with van der Waals surface area (Å²) in [6.07, 6.45) is 3.06. The highest BCUT2D eigenvalue weighted by Gasteiger charge is 2.07. The molecule has 1 rings (SSSR count). The van der Waals surface area contributed by atoms with Gasteiger partial charge in [0.05, 0.1) is 8.60 Å². The predicted molar refractivity (Wildman–Crippen MR) is 38.7 cm³/mol. The van der Waals surface area contributed by atoms with Crippen LogP contribution in [0.3, 0.4) is 0 Å². The summed E-state index contributed by atoms with van der Waals surface area (Å²) >= 11 is 0. The van der Waals surface area contributed by atoms with Crippen LogP contribution < -0.4 is 15.5 Å². The van der Waals surface area contributed by atoms with Crippen molar-refractivity contribution in [3.63, 3.8) is 0 Å². The Kier molecular flexibility index (Phi) is 5.35. The second-order valence-corrected chi connectivity index (χ2v) is 2.19. The minimum atomic E-state index is -2.87. The van der Waals surface area contributed by atoms with Crippen LogP contribution in [0, 0.1) is 5.41 Å². The Labute approximate surface area is 69.2 Å². The number of nitrogens with one attached hydrogen (secondary N) is 2. The zero-order valence-electron chi connectivity index (χ0n) is 5.89. The molecular formula is C4H8N3O4P. The highest BCUT2D eigenvalue weighted by Crippen LogP contribution is 2.03. The van der Waals surface area contributed by atoms with Crippen LogP contribution >= 0.6 is 8.60 Å². The molecule has 0 bridgehead atoms. The van der Waals surface area contributed by atoms with Crippen molar-refractivity contribution in [1.82, 2.24) is 5.32 Å². The van der Waals surface area contributed by atoms with Gasteiger partial charge in [0.25, 0.3) is 0 Å². The summed E-state index contributed by atoms with van der Waals surface area (Å²) in [5.41, 5.74) is 0. The maximum atomic E-state index is 10.3. The number of hydrogen-bond acceptors (Lipinski definition) is 5. The number of urea groups is 1. The third-order valence-corrected chi connectivity index (χ3v) is 0.768. The lowest BCUT2D eigenvalue weighted by atomic mass is 10.5. The van der Waals surface area contributed by atoms with Gasteiger partial charge in [0, 0.05) is 6.08 Å². The Morgan fingerprint density at radius 3 is 2.42 bits per heavy atom. The van der Waals surface area contributed by atoms with Crippen LogP contribution in [0.5, 0.6) is 0 Å². The fraction of sp³-hybridized carbons (Fsp3) is 0. The van der Waals surface area contributed by atoms with E-state index in [1.807, 2.05) is 0 Å². The number of quaternary nitrogens is 1. The molecule has 6 N–H and O–H groups in total. The van der Waals surface area contributed by atoms with Crippen LogP contribution in [0.4, 0.5) is 4.79 Å². The Hall–Kier alpha value is -0.850. The summed E-state index contributed by atoms with van der Waals surface area (Å²) in [4.78, 5) is 33.3. The van der Waals surface area contributed by atoms with Gasteiger partial charge in [-0.2, -0.15) is 0 Å². The van der Waals surface area contributed by atoms with Crippen LogP contribution in [-0.4, -0.2) is 21.7 Å². The molecule has 2 amide bonds. The van der Waals surface area contributed by atoms with Gasteiger partial charge in [0.2, 0.25) is 0 Å². The number of rotatable bonds is 0. The standard InChI is InChI=1S/C4H5N3O.H2O3P/c5-3-1-2-6-4(8)7-3;1-4(2)3/h1-2H,(H3,5,6,7,8);1-2H/q;-1/p+1. The largest absolute Gasteiger partial charge is 0.786 e.